The lowest BCUT2D eigenvalue weighted by Gasteiger charge is -2.43. The Labute approximate surface area is 232 Å². The maximum atomic E-state index is 13.8. The van der Waals surface area contributed by atoms with Gasteiger partial charge in [0.25, 0.3) is 0 Å². The van der Waals surface area contributed by atoms with E-state index in [0.29, 0.717) is 22.9 Å². The number of ketones is 1. The number of aromatic amines is 1. The standard InChI is InChI=1S/C34H36N2O2Si/c1-24(2)22-25-14-13-21-30-31(25)35-36-32(30)33(37)26-15-12-16-27(23-26)38-39(34(3,4)5,28-17-8-6-9-18-28)29-19-10-7-11-20-29/h6-21,23-24H,22H2,1-5H3,(H,35,36). The van der Waals surface area contributed by atoms with Crippen LogP contribution in [0.5, 0.6) is 5.75 Å². The molecule has 1 aromatic heterocycles. The summed E-state index contributed by atoms with van der Waals surface area (Å²) in [6, 6.07) is 34.7. The second-order valence-corrected chi connectivity index (χ2v) is 15.9. The second kappa shape index (κ2) is 10.7. The zero-order valence-corrected chi connectivity index (χ0v) is 24.4. The van der Waals surface area contributed by atoms with E-state index >= 15 is 0 Å². The average Bonchev–Trinajstić information content (AvgIpc) is 3.37. The van der Waals surface area contributed by atoms with E-state index < -0.39 is 8.32 Å². The number of nitrogens with one attached hydrogen (secondary N) is 1. The molecule has 0 aliphatic carbocycles. The highest BCUT2D eigenvalue weighted by molar-refractivity contribution is 7.00. The van der Waals surface area contributed by atoms with Gasteiger partial charge in [0.15, 0.2) is 0 Å². The third kappa shape index (κ3) is 5.07. The minimum absolute atomic E-state index is 0.0907. The quantitative estimate of drug-likeness (QED) is 0.174. The van der Waals surface area contributed by atoms with Crippen LogP contribution in [0.2, 0.25) is 5.04 Å². The monoisotopic (exact) mass is 532 g/mol. The van der Waals surface area contributed by atoms with Gasteiger partial charge in [0.05, 0.1) is 5.52 Å². The summed E-state index contributed by atoms with van der Waals surface area (Å²) in [6.45, 7) is 11.1. The maximum absolute atomic E-state index is 13.8. The normalized spacial score (nSPS) is 12.2. The summed E-state index contributed by atoms with van der Waals surface area (Å²) in [5.74, 6) is 1.10. The second-order valence-electron chi connectivity index (χ2n) is 11.6. The molecule has 5 heteroatoms. The average molecular weight is 533 g/mol. The lowest BCUT2D eigenvalue weighted by molar-refractivity contribution is 0.103. The predicted molar refractivity (Wildman–Crippen MR) is 163 cm³/mol. The zero-order chi connectivity index (χ0) is 27.6. The topological polar surface area (TPSA) is 55.0 Å². The van der Waals surface area contributed by atoms with Crippen molar-refractivity contribution in [1.82, 2.24) is 10.2 Å². The Hall–Kier alpha value is -3.96. The van der Waals surface area contributed by atoms with E-state index in [9.17, 15) is 4.79 Å². The van der Waals surface area contributed by atoms with Crippen molar-refractivity contribution in [1.29, 1.82) is 0 Å². The van der Waals surface area contributed by atoms with Crippen molar-refractivity contribution in [3.63, 3.8) is 0 Å². The van der Waals surface area contributed by atoms with Crippen LogP contribution in [0.25, 0.3) is 10.9 Å². The van der Waals surface area contributed by atoms with Crippen molar-refractivity contribution >= 4 is 35.4 Å². The lowest BCUT2D eigenvalue weighted by Crippen LogP contribution is -2.68. The fourth-order valence-electron chi connectivity index (χ4n) is 5.55. The van der Waals surface area contributed by atoms with Crippen molar-refractivity contribution in [3.8, 4) is 5.75 Å². The Balaban J connectivity index is 1.57. The first-order chi connectivity index (χ1) is 18.7. The van der Waals surface area contributed by atoms with Crippen molar-refractivity contribution in [2.24, 2.45) is 5.92 Å². The fourth-order valence-corrected chi connectivity index (χ4v) is 9.96. The summed E-state index contributed by atoms with van der Waals surface area (Å²) in [7, 11) is -2.81. The summed E-state index contributed by atoms with van der Waals surface area (Å²) in [5, 5.41) is 10.6. The highest BCUT2D eigenvalue weighted by Gasteiger charge is 2.52. The summed E-state index contributed by atoms with van der Waals surface area (Å²) in [4.78, 5) is 13.8. The van der Waals surface area contributed by atoms with Crippen LogP contribution in [0.4, 0.5) is 0 Å². The highest BCUT2D eigenvalue weighted by atomic mass is 28.4. The van der Waals surface area contributed by atoms with E-state index in [-0.39, 0.29) is 10.8 Å². The first-order valence-electron chi connectivity index (χ1n) is 13.6. The van der Waals surface area contributed by atoms with Gasteiger partial charge in [-0.25, -0.2) is 0 Å². The summed E-state index contributed by atoms with van der Waals surface area (Å²) < 4.78 is 7.16. The van der Waals surface area contributed by atoms with Gasteiger partial charge in [-0.3, -0.25) is 9.89 Å². The molecule has 0 bridgehead atoms. The largest absolute Gasteiger partial charge is 0.534 e. The van der Waals surface area contributed by atoms with Crippen LogP contribution in [0, 0.1) is 5.92 Å². The van der Waals surface area contributed by atoms with Gasteiger partial charge in [0, 0.05) is 10.9 Å². The highest BCUT2D eigenvalue weighted by Crippen LogP contribution is 2.38. The molecule has 5 rings (SSSR count). The van der Waals surface area contributed by atoms with E-state index in [0.717, 1.165) is 22.9 Å². The Bertz CT molecular complexity index is 1540. The van der Waals surface area contributed by atoms with Crippen LogP contribution in [0.15, 0.2) is 103 Å². The Morgan fingerprint density at radius 3 is 2.05 bits per heavy atom. The molecule has 0 radical (unpaired) electrons. The molecule has 0 spiro atoms. The Kier molecular flexibility index (Phi) is 7.28. The number of nitrogens with zero attached hydrogens (tertiary/aromatic N) is 1. The third-order valence-electron chi connectivity index (χ3n) is 7.31. The van der Waals surface area contributed by atoms with E-state index in [1.807, 2.05) is 48.5 Å². The Morgan fingerprint density at radius 2 is 1.46 bits per heavy atom. The zero-order valence-electron chi connectivity index (χ0n) is 23.4. The molecule has 0 saturated carbocycles. The van der Waals surface area contributed by atoms with Gasteiger partial charge < -0.3 is 4.43 Å². The van der Waals surface area contributed by atoms with Crippen LogP contribution in [0.3, 0.4) is 0 Å². The van der Waals surface area contributed by atoms with Gasteiger partial charge in [-0.2, -0.15) is 5.10 Å². The number of carbonyl (C=O) groups excluding carboxylic acids is 1. The maximum Gasteiger partial charge on any atom is 0.319 e. The molecule has 0 amide bonds. The number of H-pyrrole nitrogens is 1. The molecule has 0 atom stereocenters. The van der Waals surface area contributed by atoms with Gasteiger partial charge >= 0.3 is 8.32 Å². The number of rotatable bonds is 8. The van der Waals surface area contributed by atoms with Gasteiger partial charge in [-0.1, -0.05) is 126 Å². The molecule has 39 heavy (non-hydrogen) atoms. The molecule has 0 saturated heterocycles. The van der Waals surface area contributed by atoms with Gasteiger partial charge in [0.1, 0.15) is 11.4 Å². The number of carbonyl (C=O) groups is 1. The number of aromatic nitrogens is 2. The van der Waals surface area contributed by atoms with Gasteiger partial charge in [-0.15, -0.1) is 0 Å². The third-order valence-corrected chi connectivity index (χ3v) is 12.3. The van der Waals surface area contributed by atoms with Crippen molar-refractivity contribution < 1.29 is 9.22 Å². The van der Waals surface area contributed by atoms with Crippen LogP contribution in [0.1, 0.15) is 56.2 Å². The minimum atomic E-state index is -2.81. The molecule has 198 valence electrons. The van der Waals surface area contributed by atoms with Crippen LogP contribution >= 0.6 is 0 Å². The number of fused-ring (bicyclic) bond motifs is 1. The fraction of sp³-hybridized carbons (Fsp3) is 0.235. The molecule has 1 N–H and O–H groups in total. The molecule has 0 aliphatic heterocycles. The summed E-state index contributed by atoms with van der Waals surface area (Å²) >= 11 is 0. The Morgan fingerprint density at radius 1 is 0.846 bits per heavy atom. The molecule has 0 unspecified atom stereocenters. The SMILES string of the molecule is CC(C)Cc1cccc2c(C(=O)c3cccc(O[Si](c4ccccc4)(c4ccccc4)C(C)(C)C)c3)[nH]nc12. The predicted octanol–water partition coefficient (Wildman–Crippen LogP) is 6.93. The van der Waals surface area contributed by atoms with E-state index in [1.165, 1.54) is 10.4 Å². The van der Waals surface area contributed by atoms with Crippen molar-refractivity contribution in [2.75, 3.05) is 0 Å². The van der Waals surface area contributed by atoms with Crippen molar-refractivity contribution in [2.45, 2.75) is 46.1 Å². The van der Waals surface area contributed by atoms with E-state index in [2.05, 4.69) is 99.4 Å². The number of benzene rings is 4. The van der Waals surface area contributed by atoms with Crippen molar-refractivity contribution in [3.05, 3.63) is 120 Å². The minimum Gasteiger partial charge on any atom is -0.534 e. The molecule has 4 nitrogen and oxygen atoms in total. The first kappa shape index (κ1) is 26.6. The lowest BCUT2D eigenvalue weighted by atomic mass is 9.99. The van der Waals surface area contributed by atoms with Crippen LogP contribution < -0.4 is 14.8 Å². The van der Waals surface area contributed by atoms with E-state index in [4.69, 9.17) is 4.43 Å². The molecule has 0 fully saturated rings. The van der Waals surface area contributed by atoms with Gasteiger partial charge in [0.2, 0.25) is 5.78 Å². The van der Waals surface area contributed by atoms with Crippen LogP contribution in [-0.2, 0) is 6.42 Å². The van der Waals surface area contributed by atoms with Crippen LogP contribution in [-0.4, -0.2) is 24.3 Å². The molecule has 0 aliphatic rings. The number of para-hydroxylation sites is 1. The summed E-state index contributed by atoms with van der Waals surface area (Å²) in [6.07, 6.45) is 0.914. The van der Waals surface area contributed by atoms with E-state index in [1.54, 1.807) is 0 Å². The van der Waals surface area contributed by atoms with Gasteiger partial charge in [-0.05, 0) is 45.4 Å². The molecular formula is C34H36N2O2Si. The molecule has 5 aromatic rings. The first-order valence-corrected chi connectivity index (χ1v) is 15.5. The smallest absolute Gasteiger partial charge is 0.319 e. The molecule has 4 aromatic carbocycles. The molecular weight excluding hydrogens is 496 g/mol. The molecule has 1 heterocycles. The number of hydrogen-bond acceptors (Lipinski definition) is 3. The summed E-state index contributed by atoms with van der Waals surface area (Å²) in [5.41, 5.74) is 3.11. The number of hydrogen-bond donors (Lipinski definition) is 1.